The van der Waals surface area contributed by atoms with E-state index in [9.17, 15) is 9.90 Å². The van der Waals surface area contributed by atoms with Crippen LogP contribution >= 0.6 is 0 Å². The van der Waals surface area contributed by atoms with Gasteiger partial charge in [-0.25, -0.2) is 0 Å². The molecule has 2 aromatic carbocycles. The van der Waals surface area contributed by atoms with Crippen LogP contribution in [-0.2, 0) is 0 Å². The number of fused-ring (bicyclic) bond motifs is 1. The molecule has 0 aliphatic heterocycles. The largest absolute Gasteiger partial charge is 0.507 e. The van der Waals surface area contributed by atoms with Gasteiger partial charge in [0.2, 0.25) is 0 Å². The van der Waals surface area contributed by atoms with Crippen LogP contribution in [0, 0.1) is 20.8 Å². The van der Waals surface area contributed by atoms with Crippen molar-refractivity contribution in [3.05, 3.63) is 62.9 Å². The first-order chi connectivity index (χ1) is 11.8. The molecule has 0 aliphatic rings. The second-order valence-electron chi connectivity index (χ2n) is 6.80. The number of nitrogens with two attached hydrogens (primary N) is 1. The molecule has 3 aromatic rings. The number of aromatic amines is 1. The van der Waals surface area contributed by atoms with E-state index in [0.29, 0.717) is 12.1 Å². The summed E-state index contributed by atoms with van der Waals surface area (Å²) < 4.78 is 0. The lowest BCUT2D eigenvalue weighted by atomic mass is 9.91. The zero-order chi connectivity index (χ0) is 18.3. The van der Waals surface area contributed by atoms with Crippen molar-refractivity contribution in [1.82, 2.24) is 4.98 Å². The van der Waals surface area contributed by atoms with Gasteiger partial charge in [0, 0.05) is 16.5 Å². The van der Waals surface area contributed by atoms with Gasteiger partial charge in [0.25, 0.3) is 5.56 Å². The first-order valence-electron chi connectivity index (χ1n) is 8.51. The average molecular weight is 336 g/mol. The Morgan fingerprint density at radius 1 is 1.12 bits per heavy atom. The molecule has 0 amide bonds. The number of hydrogen-bond donors (Lipinski definition) is 3. The van der Waals surface area contributed by atoms with Crippen molar-refractivity contribution in [2.75, 3.05) is 6.54 Å². The first kappa shape index (κ1) is 17.2. The molecule has 0 unspecified atom stereocenters. The van der Waals surface area contributed by atoms with Crippen LogP contribution in [0.15, 0.2) is 35.1 Å². The molecule has 1 aromatic heterocycles. The molecule has 0 radical (unpaired) electrons. The van der Waals surface area contributed by atoms with Crippen LogP contribution < -0.4 is 11.3 Å². The summed E-state index contributed by atoms with van der Waals surface area (Å²) in [5.41, 5.74) is 11.7. The van der Waals surface area contributed by atoms with E-state index in [-0.39, 0.29) is 17.2 Å². The van der Waals surface area contributed by atoms with E-state index in [1.165, 1.54) is 5.56 Å². The van der Waals surface area contributed by atoms with Crippen LogP contribution in [0.5, 0.6) is 5.75 Å². The Morgan fingerprint density at radius 2 is 1.76 bits per heavy atom. The molecular weight excluding hydrogens is 312 g/mol. The SMILES string of the molecule is Cc1c(C)c2c(-c3ccc([C@@H](C)CN)cc3)c(O)cc(C)c2[nH]c1=O. The van der Waals surface area contributed by atoms with Crippen LogP contribution in [0.3, 0.4) is 0 Å². The molecule has 4 N–H and O–H groups in total. The van der Waals surface area contributed by atoms with Crippen molar-refractivity contribution >= 4 is 10.9 Å². The van der Waals surface area contributed by atoms with Crippen LogP contribution in [-0.4, -0.2) is 16.6 Å². The predicted molar refractivity (Wildman–Crippen MR) is 103 cm³/mol. The van der Waals surface area contributed by atoms with Crippen molar-refractivity contribution < 1.29 is 5.11 Å². The Balaban J connectivity index is 2.33. The topological polar surface area (TPSA) is 79.1 Å². The number of nitrogens with one attached hydrogen (secondary N) is 1. The third-order valence-electron chi connectivity index (χ3n) is 5.14. The monoisotopic (exact) mass is 336 g/mol. The number of benzene rings is 2. The Bertz CT molecular complexity index is 1000. The third kappa shape index (κ3) is 2.83. The van der Waals surface area contributed by atoms with E-state index in [4.69, 9.17) is 5.73 Å². The standard InChI is InChI=1S/C21H24N2O2/c1-11-9-17(24)19(16-7-5-15(6-8-16)12(2)10-22)18-13(3)14(4)21(25)23-20(11)18/h5-9,12,24H,10,22H2,1-4H3,(H,23,25)/t12-/m0/s1. The molecule has 130 valence electrons. The number of aromatic nitrogens is 1. The van der Waals surface area contributed by atoms with Gasteiger partial charge < -0.3 is 15.8 Å². The molecule has 0 bridgehead atoms. The fourth-order valence-electron chi connectivity index (χ4n) is 3.31. The van der Waals surface area contributed by atoms with Crippen molar-refractivity contribution in [3.63, 3.8) is 0 Å². The summed E-state index contributed by atoms with van der Waals surface area (Å²) in [5.74, 6) is 0.511. The maximum Gasteiger partial charge on any atom is 0.251 e. The molecule has 4 heteroatoms. The normalized spacial score (nSPS) is 12.5. The summed E-state index contributed by atoms with van der Waals surface area (Å²) in [6.07, 6.45) is 0. The van der Waals surface area contributed by atoms with Gasteiger partial charge in [-0.3, -0.25) is 4.79 Å². The average Bonchev–Trinajstić information content (AvgIpc) is 2.60. The van der Waals surface area contributed by atoms with Gasteiger partial charge in [-0.2, -0.15) is 0 Å². The van der Waals surface area contributed by atoms with E-state index in [1.54, 1.807) is 6.07 Å². The van der Waals surface area contributed by atoms with E-state index in [1.807, 2.05) is 45.0 Å². The Kier molecular flexibility index (Phi) is 4.39. The summed E-state index contributed by atoms with van der Waals surface area (Å²) in [4.78, 5) is 15.1. The van der Waals surface area contributed by atoms with Gasteiger partial charge in [0.15, 0.2) is 0 Å². The zero-order valence-corrected chi connectivity index (χ0v) is 15.1. The summed E-state index contributed by atoms with van der Waals surface area (Å²) in [6.45, 7) is 8.31. The smallest absolute Gasteiger partial charge is 0.251 e. The predicted octanol–water partition coefficient (Wildman–Crippen LogP) is 3.89. The minimum atomic E-state index is -0.0862. The minimum Gasteiger partial charge on any atom is -0.507 e. The molecule has 3 rings (SSSR count). The van der Waals surface area contributed by atoms with Crippen LogP contribution in [0.1, 0.15) is 35.1 Å². The Labute approximate surface area is 147 Å². The van der Waals surface area contributed by atoms with Crippen molar-refractivity contribution in [3.8, 4) is 16.9 Å². The van der Waals surface area contributed by atoms with Crippen molar-refractivity contribution in [2.45, 2.75) is 33.6 Å². The van der Waals surface area contributed by atoms with Gasteiger partial charge in [-0.05, 0) is 61.6 Å². The molecule has 4 nitrogen and oxygen atoms in total. The summed E-state index contributed by atoms with van der Waals surface area (Å²) in [5, 5.41) is 11.5. The number of rotatable bonds is 3. The summed E-state index contributed by atoms with van der Waals surface area (Å²) in [7, 11) is 0. The number of hydrogen-bond acceptors (Lipinski definition) is 3. The van der Waals surface area contributed by atoms with E-state index < -0.39 is 0 Å². The Hall–Kier alpha value is -2.59. The van der Waals surface area contributed by atoms with Gasteiger partial charge in [-0.15, -0.1) is 0 Å². The molecule has 0 saturated heterocycles. The number of phenols is 1. The number of H-pyrrole nitrogens is 1. The third-order valence-corrected chi connectivity index (χ3v) is 5.14. The van der Waals surface area contributed by atoms with E-state index >= 15 is 0 Å². The second-order valence-corrected chi connectivity index (χ2v) is 6.80. The van der Waals surface area contributed by atoms with E-state index in [2.05, 4.69) is 11.9 Å². The van der Waals surface area contributed by atoms with Crippen LogP contribution in [0.4, 0.5) is 0 Å². The fourth-order valence-corrected chi connectivity index (χ4v) is 3.31. The first-order valence-corrected chi connectivity index (χ1v) is 8.51. The highest BCUT2D eigenvalue weighted by Crippen LogP contribution is 2.39. The highest BCUT2D eigenvalue weighted by Gasteiger charge is 2.17. The second kappa shape index (κ2) is 6.37. The van der Waals surface area contributed by atoms with Crippen molar-refractivity contribution in [2.24, 2.45) is 5.73 Å². The number of phenolic OH excluding ortho intramolecular Hbond substituents is 1. The lowest BCUT2D eigenvalue weighted by Gasteiger charge is -2.16. The minimum absolute atomic E-state index is 0.0862. The lowest BCUT2D eigenvalue weighted by molar-refractivity contribution is 0.477. The van der Waals surface area contributed by atoms with Crippen LogP contribution in [0.25, 0.3) is 22.0 Å². The summed E-state index contributed by atoms with van der Waals surface area (Å²) >= 11 is 0. The molecule has 25 heavy (non-hydrogen) atoms. The molecule has 0 aliphatic carbocycles. The summed E-state index contributed by atoms with van der Waals surface area (Å²) in [6, 6.07) is 9.81. The number of aromatic hydroxyl groups is 1. The molecular formula is C21H24N2O2. The maximum absolute atomic E-state index is 12.2. The van der Waals surface area contributed by atoms with Gasteiger partial charge >= 0.3 is 0 Å². The lowest BCUT2D eigenvalue weighted by Crippen LogP contribution is -2.12. The number of aryl methyl sites for hydroxylation is 2. The molecule has 0 spiro atoms. The van der Waals surface area contributed by atoms with Gasteiger partial charge in [0.05, 0.1) is 5.52 Å². The maximum atomic E-state index is 12.2. The van der Waals surface area contributed by atoms with Gasteiger partial charge in [-0.1, -0.05) is 31.2 Å². The highest BCUT2D eigenvalue weighted by atomic mass is 16.3. The highest BCUT2D eigenvalue weighted by molar-refractivity contribution is 6.01. The fraction of sp³-hybridized carbons (Fsp3) is 0.286. The zero-order valence-electron chi connectivity index (χ0n) is 15.1. The van der Waals surface area contributed by atoms with Crippen molar-refractivity contribution in [1.29, 1.82) is 0 Å². The van der Waals surface area contributed by atoms with E-state index in [0.717, 1.165) is 33.2 Å². The van der Waals surface area contributed by atoms with Gasteiger partial charge in [0.1, 0.15) is 5.75 Å². The quantitative estimate of drug-likeness (QED) is 0.679. The molecule has 0 fully saturated rings. The number of pyridine rings is 1. The molecule has 1 heterocycles. The Morgan fingerprint density at radius 3 is 2.36 bits per heavy atom. The molecule has 0 saturated carbocycles. The molecule has 1 atom stereocenters. The van der Waals surface area contributed by atoms with Crippen LogP contribution in [0.2, 0.25) is 0 Å².